The summed E-state index contributed by atoms with van der Waals surface area (Å²) < 4.78 is 5.56. The van der Waals surface area contributed by atoms with E-state index in [2.05, 4.69) is 10.6 Å². The number of fused-ring (bicyclic) bond motifs is 3. The van der Waals surface area contributed by atoms with Crippen molar-refractivity contribution in [2.75, 3.05) is 29.9 Å². The van der Waals surface area contributed by atoms with Gasteiger partial charge in [-0.25, -0.2) is 0 Å². The van der Waals surface area contributed by atoms with Gasteiger partial charge in [-0.2, -0.15) is 0 Å². The SMILES string of the molecule is CC12CCC(=O)N1c1ccccc1C(=O)N2CCC(=O)Nc1ccccc1C(=O)NCC1CCCO1. The average Bonchev–Trinajstić information content (AvgIpc) is 3.50. The van der Waals surface area contributed by atoms with E-state index in [-0.39, 0.29) is 42.7 Å². The van der Waals surface area contributed by atoms with Crippen LogP contribution in [0.15, 0.2) is 48.5 Å². The molecule has 3 aliphatic rings. The Balaban J connectivity index is 1.26. The van der Waals surface area contributed by atoms with Crippen molar-refractivity contribution in [2.24, 2.45) is 0 Å². The van der Waals surface area contributed by atoms with Gasteiger partial charge in [0.05, 0.1) is 28.6 Å². The summed E-state index contributed by atoms with van der Waals surface area (Å²) in [5.41, 5.74) is 1.04. The van der Waals surface area contributed by atoms with Crippen LogP contribution in [0.4, 0.5) is 11.4 Å². The molecule has 2 aromatic carbocycles. The molecule has 2 unspecified atom stereocenters. The van der Waals surface area contributed by atoms with Crippen LogP contribution in [0.5, 0.6) is 0 Å². The number of benzene rings is 2. The van der Waals surface area contributed by atoms with Crippen LogP contribution in [0.25, 0.3) is 0 Å². The molecule has 0 aliphatic carbocycles. The highest BCUT2D eigenvalue weighted by atomic mass is 16.5. The molecule has 0 aromatic heterocycles. The number of hydrogen-bond donors (Lipinski definition) is 2. The van der Waals surface area contributed by atoms with Crippen molar-refractivity contribution in [1.29, 1.82) is 0 Å². The first-order chi connectivity index (χ1) is 17.4. The van der Waals surface area contributed by atoms with Crippen LogP contribution in [0.2, 0.25) is 0 Å². The van der Waals surface area contributed by atoms with E-state index < -0.39 is 5.66 Å². The highest BCUT2D eigenvalue weighted by Gasteiger charge is 2.52. The lowest BCUT2D eigenvalue weighted by Crippen LogP contribution is -2.62. The van der Waals surface area contributed by atoms with Gasteiger partial charge in [0.15, 0.2) is 0 Å². The molecule has 0 radical (unpaired) electrons. The third kappa shape index (κ3) is 4.35. The molecule has 0 bridgehead atoms. The molecule has 188 valence electrons. The van der Waals surface area contributed by atoms with Gasteiger partial charge in [0.1, 0.15) is 5.66 Å². The van der Waals surface area contributed by atoms with Gasteiger partial charge in [-0.3, -0.25) is 24.1 Å². The maximum Gasteiger partial charge on any atom is 0.257 e. The Morgan fingerprint density at radius 1 is 1.11 bits per heavy atom. The summed E-state index contributed by atoms with van der Waals surface area (Å²) >= 11 is 0. The molecule has 2 aromatic rings. The molecule has 36 heavy (non-hydrogen) atoms. The lowest BCUT2D eigenvalue weighted by molar-refractivity contribution is -0.117. The first-order valence-corrected chi connectivity index (χ1v) is 12.4. The smallest absolute Gasteiger partial charge is 0.257 e. The number of amides is 4. The van der Waals surface area contributed by atoms with Crippen LogP contribution in [-0.4, -0.2) is 60.0 Å². The number of anilines is 2. The highest BCUT2D eigenvalue weighted by molar-refractivity contribution is 6.10. The maximum atomic E-state index is 13.4. The van der Waals surface area contributed by atoms with Crippen LogP contribution in [0.3, 0.4) is 0 Å². The fourth-order valence-electron chi connectivity index (χ4n) is 5.36. The Labute approximate surface area is 209 Å². The van der Waals surface area contributed by atoms with Crippen molar-refractivity contribution in [1.82, 2.24) is 10.2 Å². The number of hydrogen-bond acceptors (Lipinski definition) is 5. The van der Waals surface area contributed by atoms with Gasteiger partial charge < -0.3 is 20.3 Å². The minimum Gasteiger partial charge on any atom is -0.376 e. The minimum atomic E-state index is -0.817. The minimum absolute atomic E-state index is 0.0197. The van der Waals surface area contributed by atoms with Gasteiger partial charge in [0, 0.05) is 32.5 Å². The lowest BCUT2D eigenvalue weighted by atomic mass is 9.98. The Morgan fingerprint density at radius 2 is 1.89 bits per heavy atom. The summed E-state index contributed by atoms with van der Waals surface area (Å²) in [5.74, 6) is -0.826. The molecule has 3 heterocycles. The molecule has 4 amide bonds. The molecule has 2 fully saturated rings. The van der Waals surface area contributed by atoms with Gasteiger partial charge in [0.25, 0.3) is 11.8 Å². The first kappa shape index (κ1) is 24.0. The van der Waals surface area contributed by atoms with E-state index in [0.29, 0.717) is 48.5 Å². The summed E-state index contributed by atoms with van der Waals surface area (Å²) in [6.45, 7) is 3.15. The van der Waals surface area contributed by atoms with Crippen molar-refractivity contribution >= 4 is 35.0 Å². The Bertz CT molecular complexity index is 1210. The summed E-state index contributed by atoms with van der Waals surface area (Å²) in [5, 5.41) is 5.71. The number of nitrogens with zero attached hydrogens (tertiary/aromatic N) is 2. The van der Waals surface area contributed by atoms with Crippen molar-refractivity contribution in [2.45, 2.75) is 50.8 Å². The second kappa shape index (κ2) is 9.73. The van der Waals surface area contributed by atoms with Crippen molar-refractivity contribution in [3.05, 3.63) is 59.7 Å². The predicted octanol–water partition coefficient (Wildman–Crippen LogP) is 2.92. The molecule has 0 spiro atoms. The van der Waals surface area contributed by atoms with E-state index in [1.54, 1.807) is 52.3 Å². The van der Waals surface area contributed by atoms with Gasteiger partial charge >= 0.3 is 0 Å². The molecule has 2 atom stereocenters. The molecule has 9 heteroatoms. The van der Waals surface area contributed by atoms with Crippen molar-refractivity contribution < 1.29 is 23.9 Å². The maximum absolute atomic E-state index is 13.4. The molecule has 3 aliphatic heterocycles. The molecular weight excluding hydrogens is 460 g/mol. The Kier molecular flexibility index (Phi) is 6.49. The number of carbonyl (C=O) groups is 4. The van der Waals surface area contributed by atoms with Gasteiger partial charge in [-0.15, -0.1) is 0 Å². The molecule has 0 saturated carbocycles. The van der Waals surface area contributed by atoms with E-state index in [4.69, 9.17) is 4.74 Å². The number of ether oxygens (including phenoxy) is 1. The topological polar surface area (TPSA) is 108 Å². The summed E-state index contributed by atoms with van der Waals surface area (Å²) in [7, 11) is 0. The van der Waals surface area contributed by atoms with Crippen molar-refractivity contribution in [3.8, 4) is 0 Å². The van der Waals surface area contributed by atoms with Crippen LogP contribution in [0.1, 0.15) is 59.7 Å². The zero-order valence-corrected chi connectivity index (χ0v) is 20.3. The highest BCUT2D eigenvalue weighted by Crippen LogP contribution is 2.44. The van der Waals surface area contributed by atoms with E-state index in [1.165, 1.54) is 0 Å². The lowest BCUT2D eigenvalue weighted by Gasteiger charge is -2.48. The van der Waals surface area contributed by atoms with Gasteiger partial charge in [0.2, 0.25) is 11.8 Å². The standard InChI is InChI=1S/C27H30N4O5/c1-27-14-12-24(33)31(27)22-11-5-3-9-20(22)26(35)30(27)15-13-23(32)29-21-10-4-2-8-19(21)25(34)28-17-18-7-6-16-36-18/h2-5,8-11,18H,6-7,12-17H2,1H3,(H,28,34)(H,29,32). The van der Waals surface area contributed by atoms with Gasteiger partial charge in [-0.05, 0) is 50.5 Å². The summed E-state index contributed by atoms with van der Waals surface area (Å²) in [6.07, 6.45) is 2.79. The van der Waals surface area contributed by atoms with E-state index in [1.807, 2.05) is 13.0 Å². The van der Waals surface area contributed by atoms with Crippen molar-refractivity contribution in [3.63, 3.8) is 0 Å². The van der Waals surface area contributed by atoms with E-state index in [0.717, 1.165) is 12.8 Å². The third-order valence-electron chi connectivity index (χ3n) is 7.27. The summed E-state index contributed by atoms with van der Waals surface area (Å²) in [6, 6.07) is 13.9. The largest absolute Gasteiger partial charge is 0.376 e. The van der Waals surface area contributed by atoms with E-state index in [9.17, 15) is 19.2 Å². The molecule has 2 N–H and O–H groups in total. The van der Waals surface area contributed by atoms with Crippen LogP contribution >= 0.6 is 0 Å². The molecule has 2 saturated heterocycles. The fraction of sp³-hybridized carbons (Fsp3) is 0.407. The van der Waals surface area contributed by atoms with E-state index >= 15 is 0 Å². The zero-order valence-electron chi connectivity index (χ0n) is 20.3. The second-order valence-electron chi connectivity index (χ2n) is 9.61. The Hall–Kier alpha value is -3.72. The van der Waals surface area contributed by atoms with Gasteiger partial charge in [-0.1, -0.05) is 24.3 Å². The van der Waals surface area contributed by atoms with Crippen LogP contribution < -0.4 is 15.5 Å². The Morgan fingerprint density at radius 3 is 2.69 bits per heavy atom. The molecular formula is C27H30N4O5. The fourth-order valence-corrected chi connectivity index (χ4v) is 5.36. The number of carbonyl (C=O) groups excluding carboxylic acids is 4. The molecule has 5 rings (SSSR count). The number of rotatable bonds is 7. The molecule has 9 nitrogen and oxygen atoms in total. The average molecular weight is 491 g/mol. The quantitative estimate of drug-likeness (QED) is 0.621. The van der Waals surface area contributed by atoms with Crippen LogP contribution in [0, 0.1) is 0 Å². The summed E-state index contributed by atoms with van der Waals surface area (Å²) in [4.78, 5) is 55.1. The van der Waals surface area contributed by atoms with Crippen LogP contribution in [-0.2, 0) is 14.3 Å². The second-order valence-corrected chi connectivity index (χ2v) is 9.61. The monoisotopic (exact) mass is 490 g/mol. The number of nitrogens with one attached hydrogen (secondary N) is 2. The zero-order chi connectivity index (χ0) is 25.3. The predicted molar refractivity (Wildman–Crippen MR) is 134 cm³/mol. The third-order valence-corrected chi connectivity index (χ3v) is 7.27. The first-order valence-electron chi connectivity index (χ1n) is 12.4. The number of para-hydroxylation sites is 2. The normalized spacial score (nSPS) is 22.9.